The molecule has 2 aromatic rings. The van der Waals surface area contributed by atoms with Crippen LogP contribution in [-0.2, 0) is 0 Å². The second kappa shape index (κ2) is 2.73. The molecule has 1 nitrogen and oxygen atoms in total. The van der Waals surface area contributed by atoms with Crippen LogP contribution in [-0.4, -0.2) is 4.98 Å². The van der Waals surface area contributed by atoms with Crippen LogP contribution in [0, 0.1) is 0 Å². The highest BCUT2D eigenvalue weighted by atomic mass is 79.9. The monoisotopic (exact) mass is 247 g/mol. The average Bonchev–Trinajstić information content (AvgIpc) is 2.31. The van der Waals surface area contributed by atoms with Crippen molar-refractivity contribution < 1.29 is 0 Å². The van der Waals surface area contributed by atoms with Gasteiger partial charge in [-0.05, 0) is 28.1 Å². The third kappa shape index (κ3) is 1.28. The lowest BCUT2D eigenvalue weighted by Crippen LogP contribution is -1.67. The zero-order valence-electron chi connectivity index (χ0n) is 5.34. The minimum atomic E-state index is 0.712. The molecule has 1 aromatic heterocycles. The van der Waals surface area contributed by atoms with E-state index in [-0.39, 0.29) is 0 Å². The highest BCUT2D eigenvalue weighted by Crippen LogP contribution is 2.30. The topological polar surface area (TPSA) is 12.9 Å². The van der Waals surface area contributed by atoms with Gasteiger partial charge in [-0.3, -0.25) is 0 Å². The van der Waals surface area contributed by atoms with E-state index in [4.69, 9.17) is 11.6 Å². The quantitative estimate of drug-likeness (QED) is 0.692. The molecule has 0 aliphatic carbocycles. The van der Waals surface area contributed by atoms with Crippen LogP contribution < -0.4 is 0 Å². The standard InChI is InChI=1S/C7H3BrClNS/c8-7-10-6-4(9)2-1-3-5(6)11-7/h1-3H. The van der Waals surface area contributed by atoms with Gasteiger partial charge in [0.15, 0.2) is 3.92 Å². The summed E-state index contributed by atoms with van der Waals surface area (Å²) in [6.07, 6.45) is 0. The van der Waals surface area contributed by atoms with E-state index >= 15 is 0 Å². The summed E-state index contributed by atoms with van der Waals surface area (Å²) >= 11 is 10.8. The molecule has 0 bridgehead atoms. The molecule has 0 N–H and O–H groups in total. The van der Waals surface area contributed by atoms with Gasteiger partial charge >= 0.3 is 0 Å². The minimum Gasteiger partial charge on any atom is -0.227 e. The van der Waals surface area contributed by atoms with E-state index in [1.807, 2.05) is 18.2 Å². The summed E-state index contributed by atoms with van der Waals surface area (Å²) in [5.41, 5.74) is 0.881. The fourth-order valence-corrected chi connectivity index (χ4v) is 2.58. The molecule has 11 heavy (non-hydrogen) atoms. The number of thiazole rings is 1. The van der Waals surface area contributed by atoms with Gasteiger partial charge in [-0.2, -0.15) is 0 Å². The second-order valence-corrected chi connectivity index (χ2v) is 4.77. The average molecular weight is 249 g/mol. The van der Waals surface area contributed by atoms with Crippen LogP contribution in [0.2, 0.25) is 5.02 Å². The van der Waals surface area contributed by atoms with Gasteiger partial charge in [0, 0.05) is 0 Å². The van der Waals surface area contributed by atoms with Gasteiger partial charge in [-0.1, -0.05) is 17.7 Å². The first-order valence-corrected chi connectivity index (χ1v) is 4.96. The predicted molar refractivity (Wildman–Crippen MR) is 52.3 cm³/mol. The Hall–Kier alpha value is -0.120. The van der Waals surface area contributed by atoms with Gasteiger partial charge in [-0.25, -0.2) is 4.98 Å². The van der Waals surface area contributed by atoms with Crippen molar-refractivity contribution in [2.24, 2.45) is 0 Å². The van der Waals surface area contributed by atoms with E-state index in [1.165, 1.54) is 0 Å². The Kier molecular flexibility index (Phi) is 1.87. The zero-order valence-corrected chi connectivity index (χ0v) is 8.50. The van der Waals surface area contributed by atoms with Crippen molar-refractivity contribution in [2.75, 3.05) is 0 Å². The number of hydrogen-bond donors (Lipinski definition) is 0. The molecule has 0 saturated heterocycles. The van der Waals surface area contributed by atoms with Gasteiger partial charge in [0.1, 0.15) is 5.52 Å². The van der Waals surface area contributed by atoms with Gasteiger partial charge in [0.25, 0.3) is 0 Å². The van der Waals surface area contributed by atoms with Crippen LogP contribution in [0.1, 0.15) is 0 Å². The molecule has 1 heterocycles. The number of rotatable bonds is 0. The summed E-state index contributed by atoms with van der Waals surface area (Å²) in [5, 5.41) is 0.712. The van der Waals surface area contributed by atoms with Gasteiger partial charge in [0.2, 0.25) is 0 Å². The van der Waals surface area contributed by atoms with Crippen LogP contribution in [0.15, 0.2) is 22.1 Å². The minimum absolute atomic E-state index is 0.712. The summed E-state index contributed by atoms with van der Waals surface area (Å²) in [5.74, 6) is 0. The van der Waals surface area contributed by atoms with Crippen molar-refractivity contribution in [1.29, 1.82) is 0 Å². The van der Waals surface area contributed by atoms with Crippen molar-refractivity contribution in [2.45, 2.75) is 0 Å². The molecule has 0 unspecified atom stereocenters. The van der Waals surface area contributed by atoms with E-state index < -0.39 is 0 Å². The molecule has 56 valence electrons. The lowest BCUT2D eigenvalue weighted by atomic mass is 10.3. The molecule has 0 aliphatic rings. The summed E-state index contributed by atoms with van der Waals surface area (Å²) in [6, 6.07) is 5.77. The van der Waals surface area contributed by atoms with Crippen molar-refractivity contribution in [1.82, 2.24) is 4.98 Å². The van der Waals surface area contributed by atoms with Crippen LogP contribution in [0.25, 0.3) is 10.2 Å². The third-order valence-electron chi connectivity index (χ3n) is 1.34. The predicted octanol–water partition coefficient (Wildman–Crippen LogP) is 3.71. The van der Waals surface area contributed by atoms with E-state index in [2.05, 4.69) is 20.9 Å². The Morgan fingerprint density at radius 3 is 3.00 bits per heavy atom. The summed E-state index contributed by atoms with van der Waals surface area (Å²) in [7, 11) is 0. The number of halogens is 2. The maximum Gasteiger partial charge on any atom is 0.160 e. The maximum atomic E-state index is 5.89. The van der Waals surface area contributed by atoms with E-state index in [0.717, 1.165) is 14.1 Å². The number of aromatic nitrogens is 1. The Morgan fingerprint density at radius 1 is 1.45 bits per heavy atom. The first kappa shape index (κ1) is 7.53. The Morgan fingerprint density at radius 2 is 2.27 bits per heavy atom. The maximum absolute atomic E-state index is 5.89. The highest BCUT2D eigenvalue weighted by Gasteiger charge is 2.03. The normalized spacial score (nSPS) is 10.7. The molecule has 0 radical (unpaired) electrons. The number of hydrogen-bond acceptors (Lipinski definition) is 2. The molecular weight excluding hydrogens is 246 g/mol. The summed E-state index contributed by atoms with van der Waals surface area (Å²) < 4.78 is 1.99. The van der Waals surface area contributed by atoms with Gasteiger partial charge in [-0.15, -0.1) is 11.3 Å². The molecular formula is C7H3BrClNS. The van der Waals surface area contributed by atoms with Crippen LogP contribution in [0.4, 0.5) is 0 Å². The molecule has 1 aromatic carbocycles. The van der Waals surface area contributed by atoms with E-state index in [9.17, 15) is 0 Å². The fraction of sp³-hybridized carbons (Fsp3) is 0. The fourth-order valence-electron chi connectivity index (χ4n) is 0.888. The lowest BCUT2D eigenvalue weighted by molar-refractivity contribution is 1.45. The zero-order chi connectivity index (χ0) is 7.84. The second-order valence-electron chi connectivity index (χ2n) is 2.05. The molecule has 0 spiro atoms. The first-order valence-electron chi connectivity index (χ1n) is 2.98. The van der Waals surface area contributed by atoms with E-state index in [1.54, 1.807) is 11.3 Å². The number of benzene rings is 1. The molecule has 0 amide bonds. The first-order chi connectivity index (χ1) is 5.27. The molecule has 0 fully saturated rings. The SMILES string of the molecule is Clc1cccc2sc(Br)nc12. The van der Waals surface area contributed by atoms with E-state index in [0.29, 0.717) is 5.02 Å². The Balaban J connectivity index is 2.90. The van der Waals surface area contributed by atoms with Crippen LogP contribution in [0.5, 0.6) is 0 Å². The molecule has 0 aliphatic heterocycles. The van der Waals surface area contributed by atoms with Crippen LogP contribution in [0.3, 0.4) is 0 Å². The number of para-hydroxylation sites is 1. The summed E-state index contributed by atoms with van der Waals surface area (Å²) in [6.45, 7) is 0. The van der Waals surface area contributed by atoms with Gasteiger partial charge in [0.05, 0.1) is 9.72 Å². The highest BCUT2D eigenvalue weighted by molar-refractivity contribution is 9.11. The molecule has 2 rings (SSSR count). The van der Waals surface area contributed by atoms with Crippen LogP contribution >= 0.6 is 38.9 Å². The summed E-state index contributed by atoms with van der Waals surface area (Å²) in [4.78, 5) is 4.22. The lowest BCUT2D eigenvalue weighted by Gasteiger charge is -1.87. The molecule has 4 heteroatoms. The van der Waals surface area contributed by atoms with Crippen molar-refractivity contribution >= 4 is 49.1 Å². The van der Waals surface area contributed by atoms with Gasteiger partial charge < -0.3 is 0 Å². The Labute approximate surface area is 81.1 Å². The third-order valence-corrected chi connectivity index (χ3v) is 3.12. The van der Waals surface area contributed by atoms with Crippen molar-refractivity contribution in [3.8, 4) is 0 Å². The number of fused-ring (bicyclic) bond motifs is 1. The largest absolute Gasteiger partial charge is 0.227 e. The molecule has 0 atom stereocenters. The van der Waals surface area contributed by atoms with Crippen molar-refractivity contribution in [3.63, 3.8) is 0 Å². The smallest absolute Gasteiger partial charge is 0.160 e. The Bertz CT molecular complexity index is 398. The molecule has 0 saturated carbocycles. The number of nitrogens with zero attached hydrogens (tertiary/aromatic N) is 1. The van der Waals surface area contributed by atoms with Crippen molar-refractivity contribution in [3.05, 3.63) is 27.1 Å².